The molecule has 18 heavy (non-hydrogen) atoms. The van der Waals surface area contributed by atoms with Gasteiger partial charge in [-0.3, -0.25) is 4.90 Å². The van der Waals surface area contributed by atoms with Crippen molar-refractivity contribution in [2.75, 3.05) is 20.3 Å². The Kier molecular flexibility index (Phi) is 6.21. The van der Waals surface area contributed by atoms with Crippen LogP contribution in [0.1, 0.15) is 13.8 Å². The SMILES string of the molecule is CCOC(=O)/C=C(/N(C)C(=O)OCC)C(F)(F)F. The molecule has 5 nitrogen and oxygen atoms in total. The summed E-state index contributed by atoms with van der Waals surface area (Å²) in [6, 6.07) is 0. The number of hydrogen-bond acceptors (Lipinski definition) is 4. The molecule has 0 bridgehead atoms. The van der Waals surface area contributed by atoms with E-state index in [1.807, 2.05) is 0 Å². The van der Waals surface area contributed by atoms with Crippen LogP contribution >= 0.6 is 0 Å². The molecule has 1 amide bonds. The molecular formula is C10H14F3NO4. The highest BCUT2D eigenvalue weighted by atomic mass is 19.4. The fourth-order valence-electron chi connectivity index (χ4n) is 0.983. The lowest BCUT2D eigenvalue weighted by Gasteiger charge is -2.21. The van der Waals surface area contributed by atoms with Gasteiger partial charge in [-0.2, -0.15) is 13.2 Å². The Labute approximate surface area is 102 Å². The average molecular weight is 269 g/mol. The van der Waals surface area contributed by atoms with Gasteiger partial charge in [-0.05, 0) is 13.8 Å². The van der Waals surface area contributed by atoms with Crippen LogP contribution in [0.4, 0.5) is 18.0 Å². The first-order valence-corrected chi connectivity index (χ1v) is 5.10. The van der Waals surface area contributed by atoms with Crippen LogP contribution in [0.15, 0.2) is 11.8 Å². The fraction of sp³-hybridized carbons (Fsp3) is 0.600. The minimum absolute atomic E-state index is 0.0659. The maximum Gasteiger partial charge on any atom is 0.431 e. The number of nitrogens with zero attached hydrogens (tertiary/aromatic N) is 1. The van der Waals surface area contributed by atoms with Crippen LogP contribution in [0, 0.1) is 0 Å². The third kappa shape index (κ3) is 5.07. The van der Waals surface area contributed by atoms with Crippen molar-refractivity contribution < 1.29 is 32.2 Å². The minimum Gasteiger partial charge on any atom is -0.463 e. The van der Waals surface area contributed by atoms with Gasteiger partial charge in [0.1, 0.15) is 5.70 Å². The molecule has 0 saturated carbocycles. The first-order chi connectivity index (χ1) is 8.23. The highest BCUT2D eigenvalue weighted by molar-refractivity contribution is 5.84. The fourth-order valence-corrected chi connectivity index (χ4v) is 0.983. The molecule has 0 aromatic rings. The first-order valence-electron chi connectivity index (χ1n) is 5.10. The Bertz CT molecular complexity index is 339. The van der Waals surface area contributed by atoms with Gasteiger partial charge >= 0.3 is 18.2 Å². The molecule has 0 radical (unpaired) electrons. The van der Waals surface area contributed by atoms with Gasteiger partial charge in [0.25, 0.3) is 0 Å². The Morgan fingerprint density at radius 3 is 2.06 bits per heavy atom. The molecule has 0 aliphatic heterocycles. The summed E-state index contributed by atoms with van der Waals surface area (Å²) in [4.78, 5) is 22.4. The van der Waals surface area contributed by atoms with Crippen LogP contribution in [0.2, 0.25) is 0 Å². The summed E-state index contributed by atoms with van der Waals surface area (Å²) in [7, 11) is 0.858. The van der Waals surface area contributed by atoms with Crippen LogP contribution in [0.3, 0.4) is 0 Å². The van der Waals surface area contributed by atoms with Crippen molar-refractivity contribution in [3.8, 4) is 0 Å². The highest BCUT2D eigenvalue weighted by Crippen LogP contribution is 2.28. The molecule has 0 aromatic heterocycles. The van der Waals surface area contributed by atoms with E-state index in [0.717, 1.165) is 7.05 Å². The maximum absolute atomic E-state index is 12.6. The molecule has 0 aliphatic carbocycles. The quantitative estimate of drug-likeness (QED) is 0.579. The van der Waals surface area contributed by atoms with Crippen LogP contribution < -0.4 is 0 Å². The Morgan fingerprint density at radius 1 is 1.17 bits per heavy atom. The summed E-state index contributed by atoms with van der Waals surface area (Å²) in [6.45, 7) is 2.76. The van der Waals surface area contributed by atoms with Gasteiger partial charge < -0.3 is 9.47 Å². The van der Waals surface area contributed by atoms with E-state index >= 15 is 0 Å². The molecule has 0 unspecified atom stereocenters. The van der Waals surface area contributed by atoms with Crippen LogP contribution in [-0.4, -0.2) is 43.4 Å². The summed E-state index contributed by atoms with van der Waals surface area (Å²) in [5.41, 5.74) is -1.44. The van der Waals surface area contributed by atoms with Crippen LogP contribution in [0.25, 0.3) is 0 Å². The van der Waals surface area contributed by atoms with Gasteiger partial charge in [0.05, 0.1) is 19.3 Å². The molecule has 0 heterocycles. The summed E-state index contributed by atoms with van der Waals surface area (Å²) < 4.78 is 46.7. The molecular weight excluding hydrogens is 255 g/mol. The van der Waals surface area contributed by atoms with E-state index < -0.39 is 23.9 Å². The topological polar surface area (TPSA) is 55.8 Å². The lowest BCUT2D eigenvalue weighted by Crippen LogP contribution is -2.34. The van der Waals surface area contributed by atoms with Crippen LogP contribution in [0.5, 0.6) is 0 Å². The summed E-state index contributed by atoms with van der Waals surface area (Å²) in [6.07, 6.45) is -5.86. The van der Waals surface area contributed by atoms with E-state index in [1.54, 1.807) is 0 Å². The highest BCUT2D eigenvalue weighted by Gasteiger charge is 2.39. The zero-order valence-electron chi connectivity index (χ0n) is 10.2. The second-order valence-corrected chi connectivity index (χ2v) is 3.04. The van der Waals surface area contributed by atoms with Crippen molar-refractivity contribution in [1.29, 1.82) is 0 Å². The van der Waals surface area contributed by atoms with E-state index in [1.165, 1.54) is 13.8 Å². The normalized spacial score (nSPS) is 12.0. The van der Waals surface area contributed by atoms with Gasteiger partial charge in [0.2, 0.25) is 0 Å². The van der Waals surface area contributed by atoms with Gasteiger partial charge in [0, 0.05) is 7.05 Å². The van der Waals surface area contributed by atoms with E-state index in [0.29, 0.717) is 0 Å². The lowest BCUT2D eigenvalue weighted by atomic mass is 10.3. The molecule has 0 spiro atoms. The predicted molar refractivity (Wildman–Crippen MR) is 55.6 cm³/mol. The molecule has 0 saturated heterocycles. The van der Waals surface area contributed by atoms with E-state index in [4.69, 9.17) is 0 Å². The molecule has 8 heteroatoms. The number of carbonyl (C=O) groups excluding carboxylic acids is 2. The number of amides is 1. The summed E-state index contributed by atoms with van der Waals surface area (Å²) >= 11 is 0. The van der Waals surface area contributed by atoms with Gasteiger partial charge in [-0.15, -0.1) is 0 Å². The van der Waals surface area contributed by atoms with Gasteiger partial charge in [-0.1, -0.05) is 0 Å². The van der Waals surface area contributed by atoms with Gasteiger partial charge in [0.15, 0.2) is 0 Å². The largest absolute Gasteiger partial charge is 0.463 e. The number of halogens is 3. The summed E-state index contributed by atoms with van der Waals surface area (Å²) in [5, 5.41) is 0. The van der Waals surface area contributed by atoms with E-state index in [2.05, 4.69) is 9.47 Å². The number of esters is 1. The van der Waals surface area contributed by atoms with Gasteiger partial charge in [-0.25, -0.2) is 9.59 Å². The molecule has 0 atom stereocenters. The molecule has 0 fully saturated rings. The maximum atomic E-state index is 12.6. The monoisotopic (exact) mass is 269 g/mol. The average Bonchev–Trinajstić information content (AvgIpc) is 2.24. The van der Waals surface area contributed by atoms with Crippen molar-refractivity contribution >= 4 is 12.1 Å². The second kappa shape index (κ2) is 6.87. The lowest BCUT2D eigenvalue weighted by molar-refractivity contribution is -0.139. The second-order valence-electron chi connectivity index (χ2n) is 3.04. The molecule has 0 aliphatic rings. The number of ether oxygens (including phenoxy) is 2. The number of hydrogen-bond donors (Lipinski definition) is 0. The number of alkyl halides is 3. The summed E-state index contributed by atoms with van der Waals surface area (Å²) in [5.74, 6) is -1.18. The number of allylic oxidation sites excluding steroid dienone is 1. The smallest absolute Gasteiger partial charge is 0.431 e. The van der Waals surface area contributed by atoms with E-state index in [9.17, 15) is 22.8 Å². The number of rotatable bonds is 4. The zero-order chi connectivity index (χ0) is 14.3. The molecule has 0 N–H and O–H groups in total. The Balaban J connectivity index is 5.13. The van der Waals surface area contributed by atoms with Crippen molar-refractivity contribution in [3.63, 3.8) is 0 Å². The standard InChI is InChI=1S/C10H14F3NO4/c1-4-17-8(15)6-7(10(11,12)13)14(3)9(16)18-5-2/h6H,4-5H2,1-3H3/b7-6+. The van der Waals surface area contributed by atoms with Crippen molar-refractivity contribution in [2.24, 2.45) is 0 Å². The molecule has 104 valence electrons. The minimum atomic E-state index is -4.87. The van der Waals surface area contributed by atoms with Crippen LogP contribution in [-0.2, 0) is 14.3 Å². The third-order valence-corrected chi connectivity index (χ3v) is 1.73. The zero-order valence-corrected chi connectivity index (χ0v) is 10.2. The number of carbonyl (C=O) groups is 2. The molecule has 0 rings (SSSR count). The Morgan fingerprint density at radius 2 is 1.67 bits per heavy atom. The predicted octanol–water partition coefficient (Wildman–Crippen LogP) is 2.08. The first kappa shape index (κ1) is 16.3. The van der Waals surface area contributed by atoms with E-state index in [-0.39, 0.29) is 24.2 Å². The molecule has 0 aromatic carbocycles. The Hall–Kier alpha value is -1.73. The van der Waals surface area contributed by atoms with Crippen molar-refractivity contribution in [3.05, 3.63) is 11.8 Å². The third-order valence-electron chi connectivity index (χ3n) is 1.73. The van der Waals surface area contributed by atoms with Crippen molar-refractivity contribution in [1.82, 2.24) is 4.90 Å². The van der Waals surface area contributed by atoms with Crippen molar-refractivity contribution in [2.45, 2.75) is 20.0 Å².